The van der Waals surface area contributed by atoms with Gasteiger partial charge in [0.15, 0.2) is 0 Å². The zero-order valence-corrected chi connectivity index (χ0v) is 11.3. The van der Waals surface area contributed by atoms with Crippen molar-refractivity contribution in [3.63, 3.8) is 0 Å². The Morgan fingerprint density at radius 1 is 1.47 bits per heavy atom. The number of carbonyl (C=O) groups excluding carboxylic acids is 1. The van der Waals surface area contributed by atoms with Crippen molar-refractivity contribution in [1.82, 2.24) is 4.57 Å². The molecule has 102 valence electrons. The second kappa shape index (κ2) is 5.45. The minimum Gasteiger partial charge on any atom is -0.462 e. The Morgan fingerprint density at radius 2 is 2.21 bits per heavy atom. The zero-order valence-electron chi connectivity index (χ0n) is 12.3. The number of nitrogens with zero attached hydrogens (tertiary/aromatic N) is 1. The van der Waals surface area contributed by atoms with Gasteiger partial charge in [0.1, 0.15) is 6.04 Å². The number of carbonyl (C=O) groups is 1. The highest BCUT2D eigenvalue weighted by Gasteiger charge is 2.19. The van der Waals surface area contributed by atoms with Crippen LogP contribution in [-0.4, -0.2) is 22.7 Å². The van der Waals surface area contributed by atoms with Crippen molar-refractivity contribution in [1.29, 1.82) is 0 Å². The smallest absolute Gasteiger partial charge is 0.323 e. The topological polar surface area (TPSA) is 57.2 Å². The maximum Gasteiger partial charge on any atom is 0.323 e. The molecule has 0 radical (unpaired) electrons. The molecule has 1 aromatic heterocycles. The van der Waals surface area contributed by atoms with Crippen molar-refractivity contribution < 1.29 is 10.9 Å². The fraction of sp³-hybridized carbons (Fsp3) is 0.400. The lowest BCUT2D eigenvalue weighted by Gasteiger charge is -2.13. The Morgan fingerprint density at radius 3 is 2.89 bits per heavy atom. The van der Waals surface area contributed by atoms with Crippen LogP contribution < -0.4 is 5.73 Å². The molecule has 4 nitrogen and oxygen atoms in total. The number of nitrogens with two attached hydrogens (primary N) is 1. The third-order valence-corrected chi connectivity index (χ3v) is 2.97. The van der Waals surface area contributed by atoms with Gasteiger partial charge < -0.3 is 15.0 Å². The number of para-hydroxylation sites is 1. The van der Waals surface area contributed by atoms with Crippen molar-refractivity contribution in [3.8, 4) is 0 Å². The molecule has 0 fully saturated rings. The molecular formula is C15H20N2O2. The van der Waals surface area contributed by atoms with Gasteiger partial charge in [0.25, 0.3) is 0 Å². The van der Waals surface area contributed by atoms with Gasteiger partial charge in [-0.3, -0.25) is 4.79 Å². The largest absolute Gasteiger partial charge is 0.462 e. The average molecular weight is 261 g/mol. The summed E-state index contributed by atoms with van der Waals surface area (Å²) in [4.78, 5) is 11.8. The molecule has 0 aliphatic rings. The SMILES string of the molecule is [2H]Cn1cc(C[C@H](N)C(=O)OC(C)C)c2ccccc21. The number of esters is 1. The highest BCUT2D eigenvalue weighted by atomic mass is 16.5. The summed E-state index contributed by atoms with van der Waals surface area (Å²) >= 11 is 0. The molecule has 0 unspecified atom stereocenters. The first-order valence-electron chi connectivity index (χ1n) is 7.05. The molecule has 0 aliphatic carbocycles. The normalized spacial score (nSPS) is 13.6. The lowest BCUT2D eigenvalue weighted by Crippen LogP contribution is -2.35. The molecule has 2 rings (SSSR count). The molecule has 0 saturated carbocycles. The van der Waals surface area contributed by atoms with Crippen LogP contribution in [0.5, 0.6) is 0 Å². The van der Waals surface area contributed by atoms with Crippen LogP contribution in [0.2, 0.25) is 0 Å². The summed E-state index contributed by atoms with van der Waals surface area (Å²) in [6.07, 6.45) is 2.14. The first-order valence-corrected chi connectivity index (χ1v) is 6.35. The predicted molar refractivity (Wildman–Crippen MR) is 75.8 cm³/mol. The Hall–Kier alpha value is -1.81. The Bertz CT molecular complexity index is 607. The second-order valence-electron chi connectivity index (χ2n) is 4.94. The van der Waals surface area contributed by atoms with E-state index >= 15 is 0 Å². The number of aromatic nitrogens is 1. The van der Waals surface area contributed by atoms with Crippen LogP contribution in [0.1, 0.15) is 20.8 Å². The molecule has 0 bridgehead atoms. The third-order valence-electron chi connectivity index (χ3n) is 2.97. The molecule has 4 heteroatoms. The maximum atomic E-state index is 11.8. The van der Waals surface area contributed by atoms with E-state index in [1.54, 1.807) is 13.8 Å². The summed E-state index contributed by atoms with van der Waals surface area (Å²) in [5, 5.41) is 1.03. The summed E-state index contributed by atoms with van der Waals surface area (Å²) in [5.74, 6) is -0.386. The monoisotopic (exact) mass is 261 g/mol. The molecule has 1 atom stereocenters. The molecule has 0 amide bonds. The summed E-state index contributed by atoms with van der Waals surface area (Å²) in [6.45, 7) is 3.60. The van der Waals surface area contributed by atoms with E-state index in [9.17, 15) is 4.79 Å². The molecule has 0 spiro atoms. The van der Waals surface area contributed by atoms with Gasteiger partial charge in [-0.15, -0.1) is 0 Å². The second-order valence-corrected chi connectivity index (χ2v) is 4.94. The van der Waals surface area contributed by atoms with Crippen LogP contribution >= 0.6 is 0 Å². The number of aryl methyl sites for hydroxylation is 1. The summed E-state index contributed by atoms with van der Waals surface area (Å²) in [7, 11) is 0.145. The number of benzene rings is 1. The molecular weight excluding hydrogens is 240 g/mol. The van der Waals surface area contributed by atoms with Crippen molar-refractivity contribution in [2.75, 3.05) is 0 Å². The van der Waals surface area contributed by atoms with Gasteiger partial charge in [0.2, 0.25) is 0 Å². The number of rotatable bonds is 4. The van der Waals surface area contributed by atoms with Crippen LogP contribution in [0.25, 0.3) is 10.9 Å². The van der Waals surface area contributed by atoms with Crippen molar-refractivity contribution in [2.45, 2.75) is 32.4 Å². The van der Waals surface area contributed by atoms with E-state index in [4.69, 9.17) is 11.8 Å². The van der Waals surface area contributed by atoms with Gasteiger partial charge in [-0.1, -0.05) is 18.2 Å². The molecule has 0 saturated heterocycles. The summed E-state index contributed by atoms with van der Waals surface area (Å²) in [6, 6.07) is 7.15. The van der Waals surface area contributed by atoms with Crippen molar-refractivity contribution in [2.24, 2.45) is 12.8 Å². The lowest BCUT2D eigenvalue weighted by atomic mass is 10.1. The van der Waals surface area contributed by atoms with Gasteiger partial charge >= 0.3 is 5.97 Å². The van der Waals surface area contributed by atoms with E-state index in [1.807, 2.05) is 35.0 Å². The number of hydrogen-bond acceptors (Lipinski definition) is 3. The van der Waals surface area contributed by atoms with Crippen molar-refractivity contribution in [3.05, 3.63) is 36.0 Å². The standard InChI is InChI=1S/C15H20N2O2/c1-10(2)19-15(18)13(16)8-11-9-17(3)14-7-5-4-6-12(11)14/h4-7,9-10,13H,8,16H2,1-3H3/t13-/m0/s1/i3D. The predicted octanol–water partition coefficient (Wildman–Crippen LogP) is 2.00. The molecule has 2 N–H and O–H groups in total. The van der Waals surface area contributed by atoms with Gasteiger partial charge in [-0.2, -0.15) is 0 Å². The number of ether oxygens (including phenoxy) is 1. The van der Waals surface area contributed by atoms with Crippen LogP contribution in [-0.2, 0) is 23.0 Å². The summed E-state index contributed by atoms with van der Waals surface area (Å²) in [5.41, 5.74) is 7.87. The number of fused-ring (bicyclic) bond motifs is 1. The van der Waals surface area contributed by atoms with E-state index in [-0.39, 0.29) is 19.1 Å². The Balaban J connectivity index is 2.23. The quantitative estimate of drug-likeness (QED) is 0.856. The number of hydrogen-bond donors (Lipinski definition) is 1. The molecule has 1 heterocycles. The first-order chi connectivity index (χ1) is 9.52. The fourth-order valence-corrected chi connectivity index (χ4v) is 2.13. The van der Waals surface area contributed by atoms with Gasteiger partial charge in [0, 0.05) is 31.9 Å². The molecule has 1 aromatic carbocycles. The Labute approximate surface area is 114 Å². The average Bonchev–Trinajstić information content (AvgIpc) is 2.76. The minimum absolute atomic E-state index is 0.145. The zero-order chi connectivity index (χ0) is 14.7. The van der Waals surface area contributed by atoms with E-state index in [2.05, 4.69) is 0 Å². The fourth-order valence-electron chi connectivity index (χ4n) is 2.13. The van der Waals surface area contributed by atoms with Crippen LogP contribution in [0.4, 0.5) is 0 Å². The minimum atomic E-state index is -0.678. The van der Waals surface area contributed by atoms with Gasteiger partial charge in [-0.25, -0.2) is 0 Å². The van der Waals surface area contributed by atoms with E-state index in [0.29, 0.717) is 6.42 Å². The van der Waals surface area contributed by atoms with E-state index < -0.39 is 6.04 Å². The van der Waals surface area contributed by atoms with Crippen LogP contribution in [0.15, 0.2) is 30.5 Å². The third kappa shape index (κ3) is 2.96. The highest BCUT2D eigenvalue weighted by molar-refractivity contribution is 5.85. The van der Waals surface area contributed by atoms with Gasteiger partial charge in [-0.05, 0) is 25.5 Å². The highest BCUT2D eigenvalue weighted by Crippen LogP contribution is 2.21. The Kier molecular flexibility index (Phi) is 3.51. The lowest BCUT2D eigenvalue weighted by molar-refractivity contribution is -0.148. The van der Waals surface area contributed by atoms with E-state index in [0.717, 1.165) is 16.5 Å². The molecule has 2 aromatic rings. The van der Waals surface area contributed by atoms with Crippen molar-refractivity contribution >= 4 is 16.9 Å². The molecule has 0 aliphatic heterocycles. The van der Waals surface area contributed by atoms with Gasteiger partial charge in [0.05, 0.1) is 6.10 Å². The van der Waals surface area contributed by atoms with E-state index in [1.165, 1.54) is 0 Å². The van der Waals surface area contributed by atoms with Crippen LogP contribution in [0.3, 0.4) is 0 Å². The maximum absolute atomic E-state index is 11.8. The molecule has 19 heavy (non-hydrogen) atoms. The van der Waals surface area contributed by atoms with Crippen LogP contribution in [0, 0.1) is 0 Å². The first kappa shape index (κ1) is 12.2. The summed E-state index contributed by atoms with van der Waals surface area (Å²) < 4.78 is 14.5.